The summed E-state index contributed by atoms with van der Waals surface area (Å²) in [6, 6.07) is 5.06. The molecule has 8 nitrogen and oxygen atoms in total. The van der Waals surface area contributed by atoms with Crippen LogP contribution in [0.3, 0.4) is 0 Å². The number of hydrogen-bond donors (Lipinski definition) is 1. The fourth-order valence-corrected chi connectivity index (χ4v) is 4.33. The number of methoxy groups -OCH3 is 2. The summed E-state index contributed by atoms with van der Waals surface area (Å²) in [5.74, 6) is 0.294. The Balaban J connectivity index is 1.70. The largest absolute Gasteiger partial charge is 0.493 e. The van der Waals surface area contributed by atoms with Crippen molar-refractivity contribution in [2.75, 3.05) is 27.4 Å². The number of fused-ring (bicyclic) bond motifs is 1. The van der Waals surface area contributed by atoms with Crippen molar-refractivity contribution in [2.24, 2.45) is 5.92 Å². The number of amides is 1. The van der Waals surface area contributed by atoms with Crippen LogP contribution in [-0.2, 0) is 19.1 Å². The van der Waals surface area contributed by atoms with E-state index in [0.717, 1.165) is 18.4 Å². The van der Waals surface area contributed by atoms with E-state index in [9.17, 15) is 14.4 Å². The Morgan fingerprint density at radius 2 is 2.00 bits per heavy atom. The van der Waals surface area contributed by atoms with E-state index in [2.05, 4.69) is 5.32 Å². The number of hydrogen-bond acceptors (Lipinski definition) is 7. The molecule has 9 heteroatoms. The molecule has 34 heavy (non-hydrogen) atoms. The summed E-state index contributed by atoms with van der Waals surface area (Å²) >= 11 is 6.38. The first kappa shape index (κ1) is 23.9. The number of nitrogens with one attached hydrogen (secondary N) is 1. The zero-order chi connectivity index (χ0) is 24.4. The lowest BCUT2D eigenvalue weighted by atomic mass is 9.97. The molecule has 1 aromatic rings. The second-order valence-corrected chi connectivity index (χ2v) is 8.71. The quantitative estimate of drug-likeness (QED) is 0.535. The van der Waals surface area contributed by atoms with E-state index in [1.807, 2.05) is 30.2 Å². The van der Waals surface area contributed by atoms with Crippen LogP contribution in [0.25, 0.3) is 0 Å². The molecule has 0 spiro atoms. The van der Waals surface area contributed by atoms with Crippen molar-refractivity contribution < 1.29 is 28.6 Å². The van der Waals surface area contributed by atoms with Gasteiger partial charge in [0.1, 0.15) is 0 Å². The van der Waals surface area contributed by atoms with E-state index in [1.165, 1.54) is 13.2 Å². The first-order valence-corrected chi connectivity index (χ1v) is 11.5. The molecule has 0 radical (unpaired) electrons. The maximum atomic E-state index is 12.5. The number of rotatable bonds is 9. The number of benzene rings is 1. The van der Waals surface area contributed by atoms with Crippen LogP contribution in [0, 0.1) is 5.92 Å². The number of carbonyl (C=O) groups is 3. The Labute approximate surface area is 203 Å². The summed E-state index contributed by atoms with van der Waals surface area (Å²) in [6.07, 6.45) is 4.95. The van der Waals surface area contributed by atoms with Gasteiger partial charge in [0.25, 0.3) is 0 Å². The molecule has 4 rings (SSSR count). The van der Waals surface area contributed by atoms with Crippen LogP contribution in [0.5, 0.6) is 11.5 Å². The van der Waals surface area contributed by atoms with Crippen molar-refractivity contribution in [3.8, 4) is 11.5 Å². The predicted octanol–water partition coefficient (Wildman–Crippen LogP) is 3.38. The van der Waals surface area contributed by atoms with E-state index < -0.39 is 6.04 Å². The SMILES string of the molecule is CCOc1cc([C@@H](CC(=O)OC)N2C=C3C(NC(=O)C4CC4)=CC(=O)C(Cl)=C3C2)ccc1OC. The summed E-state index contributed by atoms with van der Waals surface area (Å²) in [4.78, 5) is 39.1. The van der Waals surface area contributed by atoms with Crippen LogP contribution >= 0.6 is 11.6 Å². The van der Waals surface area contributed by atoms with Crippen LogP contribution in [0.2, 0.25) is 0 Å². The molecule has 0 saturated heterocycles. The topological polar surface area (TPSA) is 94.2 Å². The zero-order valence-electron chi connectivity index (χ0n) is 19.4. The van der Waals surface area contributed by atoms with Gasteiger partial charge < -0.3 is 24.4 Å². The lowest BCUT2D eigenvalue weighted by Crippen LogP contribution is -2.28. The second kappa shape index (κ2) is 9.93. The summed E-state index contributed by atoms with van der Waals surface area (Å²) in [6.45, 7) is 2.63. The maximum absolute atomic E-state index is 12.5. The van der Waals surface area contributed by atoms with Gasteiger partial charge in [-0.3, -0.25) is 14.4 Å². The zero-order valence-corrected chi connectivity index (χ0v) is 20.1. The third-order valence-corrected chi connectivity index (χ3v) is 6.49. The van der Waals surface area contributed by atoms with Gasteiger partial charge in [-0.05, 0) is 37.5 Å². The molecule has 1 atom stereocenters. The molecular formula is C25H27ClN2O6. The maximum Gasteiger partial charge on any atom is 0.307 e. The summed E-state index contributed by atoms with van der Waals surface area (Å²) in [7, 11) is 2.90. The molecule has 2 aliphatic carbocycles. The van der Waals surface area contributed by atoms with E-state index in [-0.39, 0.29) is 35.0 Å². The Kier molecular flexibility index (Phi) is 6.97. The van der Waals surface area contributed by atoms with Gasteiger partial charge in [0, 0.05) is 35.9 Å². The molecule has 1 fully saturated rings. The molecule has 3 aliphatic rings. The summed E-state index contributed by atoms with van der Waals surface area (Å²) in [5.41, 5.74) is 2.53. The second-order valence-electron chi connectivity index (χ2n) is 8.33. The highest BCUT2D eigenvalue weighted by Gasteiger charge is 2.37. The molecule has 0 aromatic heterocycles. The molecule has 180 valence electrons. The number of allylic oxidation sites excluding steroid dienone is 3. The standard InChI is InChI=1S/C25H27ClN2O6/c1-4-34-22-9-15(7-8-21(22)32-2)19(11-23(30)33-3)28-12-16-17(13-28)24(26)20(29)10-18(16)27-25(31)14-5-6-14/h7-10,12,14,19H,4-6,11,13H2,1-3H3,(H,27,31)/t19-/m1/s1. The first-order valence-electron chi connectivity index (χ1n) is 11.2. The Morgan fingerprint density at radius 1 is 1.24 bits per heavy atom. The van der Waals surface area contributed by atoms with Crippen LogP contribution in [0.1, 0.15) is 37.8 Å². The number of ether oxygens (including phenoxy) is 3. The third kappa shape index (κ3) is 4.82. The fraction of sp³-hybridized carbons (Fsp3) is 0.400. The minimum atomic E-state index is -0.428. The fourth-order valence-electron chi connectivity index (χ4n) is 4.12. The smallest absolute Gasteiger partial charge is 0.307 e. The molecular weight excluding hydrogens is 460 g/mol. The van der Waals surface area contributed by atoms with Crippen molar-refractivity contribution in [2.45, 2.75) is 32.2 Å². The Morgan fingerprint density at radius 3 is 2.65 bits per heavy atom. The third-order valence-electron chi connectivity index (χ3n) is 6.07. The minimum absolute atomic E-state index is 0.0118. The Bertz CT molecular complexity index is 1120. The van der Waals surface area contributed by atoms with E-state index in [0.29, 0.717) is 41.5 Å². The molecule has 1 saturated carbocycles. The van der Waals surface area contributed by atoms with Gasteiger partial charge in [0.15, 0.2) is 17.3 Å². The highest BCUT2D eigenvalue weighted by Crippen LogP contribution is 2.41. The monoisotopic (exact) mass is 486 g/mol. The van der Waals surface area contributed by atoms with Gasteiger partial charge in [-0.15, -0.1) is 0 Å². The van der Waals surface area contributed by atoms with Crippen molar-refractivity contribution in [3.05, 3.63) is 57.9 Å². The molecule has 1 aromatic carbocycles. The molecule has 0 bridgehead atoms. The highest BCUT2D eigenvalue weighted by atomic mass is 35.5. The van der Waals surface area contributed by atoms with Crippen LogP contribution < -0.4 is 14.8 Å². The van der Waals surface area contributed by atoms with Crippen LogP contribution in [0.4, 0.5) is 0 Å². The number of nitrogens with zero attached hydrogens (tertiary/aromatic N) is 1. The number of ketones is 1. The number of esters is 1. The van der Waals surface area contributed by atoms with Gasteiger partial charge in [0.05, 0.1) is 44.0 Å². The van der Waals surface area contributed by atoms with E-state index in [1.54, 1.807) is 13.2 Å². The van der Waals surface area contributed by atoms with E-state index >= 15 is 0 Å². The predicted molar refractivity (Wildman–Crippen MR) is 125 cm³/mol. The van der Waals surface area contributed by atoms with E-state index in [4.69, 9.17) is 25.8 Å². The first-order chi connectivity index (χ1) is 16.4. The van der Waals surface area contributed by atoms with Gasteiger partial charge in [-0.2, -0.15) is 0 Å². The van der Waals surface area contributed by atoms with Gasteiger partial charge in [-0.25, -0.2) is 0 Å². The average molecular weight is 487 g/mol. The van der Waals surface area contributed by atoms with Crippen LogP contribution in [0.15, 0.2) is 52.4 Å². The van der Waals surface area contributed by atoms with Crippen molar-refractivity contribution in [1.82, 2.24) is 10.2 Å². The van der Waals surface area contributed by atoms with Crippen LogP contribution in [-0.4, -0.2) is 49.9 Å². The average Bonchev–Trinajstić information content (AvgIpc) is 3.59. The van der Waals surface area contributed by atoms with Gasteiger partial charge in [-0.1, -0.05) is 17.7 Å². The molecule has 1 heterocycles. The Hall–Kier alpha value is -3.26. The number of halogens is 1. The normalized spacial score (nSPS) is 18.1. The minimum Gasteiger partial charge on any atom is -0.493 e. The van der Waals surface area contributed by atoms with Crippen molar-refractivity contribution in [3.63, 3.8) is 0 Å². The molecule has 1 N–H and O–H groups in total. The lowest BCUT2D eigenvalue weighted by molar-refractivity contribution is -0.141. The molecule has 1 aliphatic heterocycles. The summed E-state index contributed by atoms with van der Waals surface area (Å²) < 4.78 is 16.1. The lowest BCUT2D eigenvalue weighted by Gasteiger charge is -2.28. The van der Waals surface area contributed by atoms with Gasteiger partial charge in [0.2, 0.25) is 5.91 Å². The summed E-state index contributed by atoms with van der Waals surface area (Å²) in [5, 5.41) is 2.99. The number of carbonyl (C=O) groups excluding carboxylic acids is 3. The van der Waals surface area contributed by atoms with Crippen molar-refractivity contribution in [1.29, 1.82) is 0 Å². The molecule has 1 amide bonds. The van der Waals surface area contributed by atoms with Crippen molar-refractivity contribution >= 4 is 29.3 Å². The molecule has 0 unspecified atom stereocenters. The highest BCUT2D eigenvalue weighted by molar-refractivity contribution is 6.45. The van der Waals surface area contributed by atoms with Gasteiger partial charge >= 0.3 is 5.97 Å².